The molecule has 0 spiro atoms. The summed E-state index contributed by atoms with van der Waals surface area (Å²) in [7, 11) is 1.19. The number of rotatable bonds is 2. The van der Waals surface area contributed by atoms with E-state index in [2.05, 4.69) is 4.74 Å². The number of methoxy groups -OCH3 is 1. The van der Waals surface area contributed by atoms with Gasteiger partial charge in [-0.3, -0.25) is 0 Å². The summed E-state index contributed by atoms with van der Waals surface area (Å²) in [6.07, 6.45) is -7.60. The maximum atomic E-state index is 10.5. The number of aliphatic hydroxyl groups is 3. The van der Waals surface area contributed by atoms with E-state index in [0.29, 0.717) is 0 Å². The van der Waals surface area contributed by atoms with Gasteiger partial charge >= 0.3 is 5.97 Å². The molecule has 1 saturated heterocycles. The smallest absolute Gasteiger partial charge is 0.335 e. The van der Waals surface area contributed by atoms with Gasteiger partial charge in [-0.1, -0.05) is 7.43 Å². The van der Waals surface area contributed by atoms with Crippen LogP contribution in [-0.2, 0) is 14.3 Å². The van der Waals surface area contributed by atoms with Crippen molar-refractivity contribution < 1.29 is 34.7 Å². The zero-order valence-electron chi connectivity index (χ0n) is 7.40. The van der Waals surface area contributed by atoms with Crippen LogP contribution in [0, 0.1) is 0 Å². The normalized spacial score (nSPS) is 40.7. The van der Waals surface area contributed by atoms with E-state index in [4.69, 9.17) is 9.84 Å². The van der Waals surface area contributed by atoms with Crippen molar-refractivity contribution in [2.45, 2.75) is 38.1 Å². The van der Waals surface area contributed by atoms with E-state index in [0.717, 1.165) is 0 Å². The first kappa shape index (κ1) is 14.3. The minimum absolute atomic E-state index is 0. The molecule has 0 amide bonds. The first-order chi connectivity index (χ1) is 6.49. The van der Waals surface area contributed by atoms with E-state index in [1.807, 2.05) is 0 Å². The number of hydrogen-bond donors (Lipinski definition) is 4. The van der Waals surface area contributed by atoms with Crippen molar-refractivity contribution >= 4 is 5.97 Å². The summed E-state index contributed by atoms with van der Waals surface area (Å²) in [5.74, 6) is -1.43. The third-order valence-corrected chi connectivity index (χ3v) is 2.05. The highest BCUT2D eigenvalue weighted by atomic mass is 16.7. The summed E-state index contributed by atoms with van der Waals surface area (Å²) in [6, 6.07) is 0. The van der Waals surface area contributed by atoms with Gasteiger partial charge < -0.3 is 29.9 Å². The van der Waals surface area contributed by atoms with Gasteiger partial charge in [0.15, 0.2) is 12.4 Å². The fraction of sp³-hybridized carbons (Fsp3) is 0.875. The van der Waals surface area contributed by atoms with Gasteiger partial charge in [-0.2, -0.15) is 0 Å². The van der Waals surface area contributed by atoms with E-state index in [-0.39, 0.29) is 7.43 Å². The van der Waals surface area contributed by atoms with Crippen molar-refractivity contribution in [3.8, 4) is 0 Å². The molecule has 0 aliphatic carbocycles. The van der Waals surface area contributed by atoms with Gasteiger partial charge in [0, 0.05) is 7.11 Å². The van der Waals surface area contributed by atoms with Crippen molar-refractivity contribution in [3.05, 3.63) is 0 Å². The van der Waals surface area contributed by atoms with Crippen LogP contribution < -0.4 is 0 Å². The lowest BCUT2D eigenvalue weighted by Gasteiger charge is -2.37. The Labute approximate surface area is 86.9 Å². The maximum Gasteiger partial charge on any atom is 0.335 e. The van der Waals surface area contributed by atoms with Crippen LogP contribution in [0.4, 0.5) is 0 Å². The van der Waals surface area contributed by atoms with Gasteiger partial charge in [0.1, 0.15) is 18.3 Å². The minimum Gasteiger partial charge on any atom is -0.479 e. The summed E-state index contributed by atoms with van der Waals surface area (Å²) in [4.78, 5) is 10.5. The molecule has 5 atom stereocenters. The molecule has 0 aromatic carbocycles. The number of ether oxygens (including phenoxy) is 2. The Balaban J connectivity index is 0.00000196. The first-order valence-electron chi connectivity index (χ1n) is 3.94. The Morgan fingerprint density at radius 2 is 1.73 bits per heavy atom. The molecule has 1 aliphatic heterocycles. The number of aliphatic carboxylic acids is 1. The zero-order chi connectivity index (χ0) is 10.9. The van der Waals surface area contributed by atoms with E-state index in [1.165, 1.54) is 7.11 Å². The Morgan fingerprint density at radius 1 is 1.20 bits per heavy atom. The fourth-order valence-electron chi connectivity index (χ4n) is 1.25. The average molecular weight is 224 g/mol. The second kappa shape index (κ2) is 5.38. The molecule has 0 unspecified atom stereocenters. The molecule has 90 valence electrons. The van der Waals surface area contributed by atoms with Gasteiger partial charge in [-0.15, -0.1) is 0 Å². The Hall–Kier alpha value is -0.730. The van der Waals surface area contributed by atoms with Gasteiger partial charge in [-0.25, -0.2) is 4.79 Å². The van der Waals surface area contributed by atoms with Gasteiger partial charge in [0.2, 0.25) is 0 Å². The largest absolute Gasteiger partial charge is 0.479 e. The molecule has 7 heteroatoms. The number of hydrogen-bond acceptors (Lipinski definition) is 6. The average Bonchev–Trinajstić information content (AvgIpc) is 2.14. The summed E-state index contributed by atoms with van der Waals surface area (Å²) in [5, 5.41) is 36.3. The third-order valence-electron chi connectivity index (χ3n) is 2.05. The van der Waals surface area contributed by atoms with Crippen LogP contribution in [0.15, 0.2) is 0 Å². The highest BCUT2D eigenvalue weighted by Crippen LogP contribution is 2.21. The molecule has 4 N–H and O–H groups in total. The van der Waals surface area contributed by atoms with Gasteiger partial charge in [0.25, 0.3) is 0 Å². The lowest BCUT2D eigenvalue weighted by Crippen LogP contribution is -2.60. The van der Waals surface area contributed by atoms with Crippen molar-refractivity contribution in [2.24, 2.45) is 0 Å². The highest BCUT2D eigenvalue weighted by molar-refractivity contribution is 5.73. The van der Waals surface area contributed by atoms with E-state index in [1.54, 1.807) is 0 Å². The molecule has 1 rings (SSSR count). The lowest BCUT2D eigenvalue weighted by atomic mass is 9.99. The molecule has 0 radical (unpaired) electrons. The predicted molar refractivity (Wildman–Crippen MR) is 48.1 cm³/mol. The summed E-state index contributed by atoms with van der Waals surface area (Å²) in [5.41, 5.74) is 0. The van der Waals surface area contributed by atoms with Crippen molar-refractivity contribution in [3.63, 3.8) is 0 Å². The molecule has 1 aliphatic rings. The van der Waals surface area contributed by atoms with Crippen LogP contribution >= 0.6 is 0 Å². The molecule has 0 saturated carbocycles. The molecular weight excluding hydrogens is 208 g/mol. The SMILES string of the molecule is C.CO[C@@H]1O[C@H](C(=O)O)[C@@H](O)[C@H](O)[C@H]1O. The molecule has 7 nitrogen and oxygen atoms in total. The molecule has 0 aromatic heterocycles. The summed E-state index contributed by atoms with van der Waals surface area (Å²) in [6.45, 7) is 0. The van der Waals surface area contributed by atoms with Crippen LogP contribution in [0.3, 0.4) is 0 Å². The Kier molecular flexibility index (Phi) is 5.12. The highest BCUT2D eigenvalue weighted by Gasteiger charge is 2.46. The topological polar surface area (TPSA) is 116 Å². The van der Waals surface area contributed by atoms with Crippen LogP contribution in [-0.4, -0.2) is 64.2 Å². The first-order valence-corrected chi connectivity index (χ1v) is 3.94. The quantitative estimate of drug-likeness (QED) is 0.435. The van der Waals surface area contributed by atoms with E-state index >= 15 is 0 Å². The van der Waals surface area contributed by atoms with E-state index in [9.17, 15) is 20.1 Å². The predicted octanol–water partition coefficient (Wildman–Crippen LogP) is -1.84. The standard InChI is InChI=1S/C7H12O7.CH4/c1-13-7-4(10)2(8)3(9)5(14-7)6(11)12;/h2-5,7-10H,1H3,(H,11,12);1H4/t2-,3-,4+,5-,7+;/m0./s1. The second-order valence-corrected chi connectivity index (χ2v) is 2.97. The van der Waals surface area contributed by atoms with Gasteiger partial charge in [-0.05, 0) is 0 Å². The van der Waals surface area contributed by atoms with E-state index < -0.39 is 36.7 Å². The number of carboxylic acid groups (broad SMARTS) is 1. The van der Waals surface area contributed by atoms with Crippen LogP contribution in [0.2, 0.25) is 0 Å². The number of carbonyl (C=O) groups is 1. The minimum atomic E-state index is -1.67. The summed E-state index contributed by atoms with van der Waals surface area (Å²) >= 11 is 0. The molecule has 15 heavy (non-hydrogen) atoms. The van der Waals surface area contributed by atoms with Crippen LogP contribution in [0.5, 0.6) is 0 Å². The lowest BCUT2D eigenvalue weighted by molar-refractivity contribution is -0.287. The number of aliphatic hydroxyl groups excluding tert-OH is 3. The molecule has 1 fully saturated rings. The Morgan fingerprint density at radius 3 is 2.13 bits per heavy atom. The molecular formula is C8H16O7. The Bertz CT molecular complexity index is 217. The van der Waals surface area contributed by atoms with Crippen molar-refractivity contribution in [2.75, 3.05) is 7.11 Å². The molecule has 0 bridgehead atoms. The second-order valence-electron chi connectivity index (χ2n) is 2.97. The van der Waals surface area contributed by atoms with Gasteiger partial charge in [0.05, 0.1) is 0 Å². The number of carboxylic acids is 1. The summed E-state index contributed by atoms with van der Waals surface area (Å²) < 4.78 is 9.31. The van der Waals surface area contributed by atoms with Crippen LogP contribution in [0.25, 0.3) is 0 Å². The van der Waals surface area contributed by atoms with Crippen LogP contribution in [0.1, 0.15) is 7.43 Å². The van der Waals surface area contributed by atoms with Crippen molar-refractivity contribution in [1.29, 1.82) is 0 Å². The molecule has 1 heterocycles. The van der Waals surface area contributed by atoms with Crippen molar-refractivity contribution in [1.82, 2.24) is 0 Å². The monoisotopic (exact) mass is 224 g/mol. The maximum absolute atomic E-state index is 10.5. The third kappa shape index (κ3) is 2.64. The molecule has 0 aromatic rings. The zero-order valence-corrected chi connectivity index (χ0v) is 7.40. The fourth-order valence-corrected chi connectivity index (χ4v) is 1.25.